The van der Waals surface area contributed by atoms with E-state index in [1.165, 1.54) is 0 Å². The van der Waals surface area contributed by atoms with Crippen LogP contribution >= 0.6 is 0 Å². The van der Waals surface area contributed by atoms with Gasteiger partial charge in [0, 0.05) is 37.4 Å². The van der Waals surface area contributed by atoms with E-state index in [0.29, 0.717) is 11.4 Å². The van der Waals surface area contributed by atoms with E-state index in [0.717, 1.165) is 44.8 Å². The second kappa shape index (κ2) is 4.14. The largest absolute Gasteiger partial charge is 0.384 e. The molecule has 3 rings (SSSR count). The summed E-state index contributed by atoms with van der Waals surface area (Å²) in [4.78, 5) is 6.22. The SMILES string of the molecule is N#Cc1cnc(N)cc1N1CCC2(CCOC2)C1. The van der Waals surface area contributed by atoms with Crippen LogP contribution in [-0.2, 0) is 4.74 Å². The van der Waals surface area contributed by atoms with E-state index in [-0.39, 0.29) is 5.41 Å². The summed E-state index contributed by atoms with van der Waals surface area (Å²) in [6.07, 6.45) is 3.80. The van der Waals surface area contributed by atoms with Crippen molar-refractivity contribution in [2.45, 2.75) is 12.8 Å². The lowest BCUT2D eigenvalue weighted by molar-refractivity contribution is 0.160. The van der Waals surface area contributed by atoms with Crippen LogP contribution in [0.1, 0.15) is 18.4 Å². The number of nitrogens with zero attached hydrogens (tertiary/aromatic N) is 3. The Kier molecular flexibility index (Phi) is 2.60. The van der Waals surface area contributed by atoms with Gasteiger partial charge in [0.25, 0.3) is 0 Å². The molecule has 2 aliphatic heterocycles. The van der Waals surface area contributed by atoms with Gasteiger partial charge in [-0.15, -0.1) is 0 Å². The standard InChI is InChI=1S/C13H16N4O/c14-6-10-7-16-12(15)5-11(10)17-3-1-13(8-17)2-4-18-9-13/h5,7H,1-4,8-9H2,(H2,15,16). The molecule has 1 unspecified atom stereocenters. The van der Waals surface area contributed by atoms with Crippen LogP contribution in [0.4, 0.5) is 11.5 Å². The molecule has 94 valence electrons. The highest BCUT2D eigenvalue weighted by molar-refractivity contribution is 5.63. The van der Waals surface area contributed by atoms with E-state index in [2.05, 4.69) is 16.0 Å². The number of aromatic nitrogens is 1. The fourth-order valence-electron chi connectivity index (χ4n) is 2.92. The van der Waals surface area contributed by atoms with Crippen molar-refractivity contribution < 1.29 is 4.74 Å². The fourth-order valence-corrected chi connectivity index (χ4v) is 2.92. The Morgan fingerprint density at radius 1 is 1.50 bits per heavy atom. The lowest BCUT2D eigenvalue weighted by atomic mass is 9.87. The second-order valence-electron chi connectivity index (χ2n) is 5.21. The summed E-state index contributed by atoms with van der Waals surface area (Å²) >= 11 is 0. The van der Waals surface area contributed by atoms with Gasteiger partial charge in [-0.05, 0) is 12.8 Å². The molecule has 1 aromatic heterocycles. The van der Waals surface area contributed by atoms with Gasteiger partial charge in [0.15, 0.2) is 0 Å². The average molecular weight is 244 g/mol. The summed E-state index contributed by atoms with van der Waals surface area (Å²) in [6, 6.07) is 3.99. The molecule has 5 heteroatoms. The zero-order valence-corrected chi connectivity index (χ0v) is 10.2. The van der Waals surface area contributed by atoms with Gasteiger partial charge < -0.3 is 15.4 Å². The molecule has 1 aromatic rings. The Morgan fingerprint density at radius 2 is 2.39 bits per heavy atom. The van der Waals surface area contributed by atoms with E-state index < -0.39 is 0 Å². The summed E-state index contributed by atoms with van der Waals surface area (Å²) in [5.74, 6) is 0.465. The number of nitrogens with two attached hydrogens (primary N) is 1. The highest BCUT2D eigenvalue weighted by Crippen LogP contribution is 2.40. The highest BCUT2D eigenvalue weighted by atomic mass is 16.5. The lowest BCUT2D eigenvalue weighted by Crippen LogP contribution is -2.28. The summed E-state index contributed by atoms with van der Waals surface area (Å²) in [5.41, 5.74) is 7.51. The minimum Gasteiger partial charge on any atom is -0.384 e. The van der Waals surface area contributed by atoms with E-state index in [1.54, 1.807) is 12.3 Å². The third kappa shape index (κ3) is 1.79. The lowest BCUT2D eigenvalue weighted by Gasteiger charge is -2.24. The Balaban J connectivity index is 1.88. The first-order chi connectivity index (χ1) is 8.72. The summed E-state index contributed by atoms with van der Waals surface area (Å²) in [7, 11) is 0. The van der Waals surface area contributed by atoms with Crippen molar-refractivity contribution in [3.63, 3.8) is 0 Å². The molecule has 2 fully saturated rings. The van der Waals surface area contributed by atoms with Gasteiger partial charge in [-0.3, -0.25) is 0 Å². The maximum atomic E-state index is 9.14. The van der Waals surface area contributed by atoms with Gasteiger partial charge in [0.1, 0.15) is 11.9 Å². The van der Waals surface area contributed by atoms with Gasteiger partial charge >= 0.3 is 0 Å². The number of anilines is 2. The second-order valence-corrected chi connectivity index (χ2v) is 5.21. The van der Waals surface area contributed by atoms with Crippen molar-refractivity contribution >= 4 is 11.5 Å². The third-order valence-electron chi connectivity index (χ3n) is 3.99. The molecule has 1 atom stereocenters. The smallest absolute Gasteiger partial charge is 0.125 e. The minimum atomic E-state index is 0.282. The van der Waals surface area contributed by atoms with Crippen molar-refractivity contribution in [1.29, 1.82) is 5.26 Å². The van der Waals surface area contributed by atoms with Crippen molar-refractivity contribution in [3.05, 3.63) is 17.8 Å². The average Bonchev–Trinajstić information content (AvgIpc) is 3.00. The topological polar surface area (TPSA) is 75.2 Å². The molecule has 1 spiro atoms. The van der Waals surface area contributed by atoms with Gasteiger partial charge in [-0.1, -0.05) is 0 Å². The van der Waals surface area contributed by atoms with Crippen LogP contribution in [0.3, 0.4) is 0 Å². The molecule has 0 bridgehead atoms. The summed E-state index contributed by atoms with van der Waals surface area (Å²) in [6.45, 7) is 3.61. The predicted molar refractivity (Wildman–Crippen MR) is 68.1 cm³/mol. The monoisotopic (exact) mass is 244 g/mol. The molecule has 0 aliphatic carbocycles. The van der Waals surface area contributed by atoms with Crippen molar-refractivity contribution in [2.75, 3.05) is 36.9 Å². The number of nitrogen functional groups attached to an aromatic ring is 1. The normalized spacial score (nSPS) is 26.7. The van der Waals surface area contributed by atoms with E-state index in [4.69, 9.17) is 15.7 Å². The maximum absolute atomic E-state index is 9.14. The number of hydrogen-bond acceptors (Lipinski definition) is 5. The van der Waals surface area contributed by atoms with E-state index in [1.807, 2.05) is 0 Å². The molecule has 0 radical (unpaired) electrons. The number of ether oxygens (including phenoxy) is 1. The number of pyridine rings is 1. The van der Waals surface area contributed by atoms with Crippen LogP contribution in [0.25, 0.3) is 0 Å². The quantitative estimate of drug-likeness (QED) is 0.802. The Bertz CT molecular complexity index is 502. The molecule has 0 saturated carbocycles. The first-order valence-corrected chi connectivity index (χ1v) is 6.21. The zero-order valence-electron chi connectivity index (χ0n) is 10.2. The fraction of sp³-hybridized carbons (Fsp3) is 0.538. The number of rotatable bonds is 1. The highest BCUT2D eigenvalue weighted by Gasteiger charge is 2.41. The molecule has 3 heterocycles. The Morgan fingerprint density at radius 3 is 3.11 bits per heavy atom. The summed E-state index contributed by atoms with van der Waals surface area (Å²) < 4.78 is 5.52. The molecule has 0 amide bonds. The first kappa shape index (κ1) is 11.3. The molecule has 0 aromatic carbocycles. The molecule has 5 nitrogen and oxygen atoms in total. The van der Waals surface area contributed by atoms with Crippen LogP contribution in [-0.4, -0.2) is 31.3 Å². The van der Waals surface area contributed by atoms with E-state index in [9.17, 15) is 0 Å². The molecule has 2 saturated heterocycles. The molecule has 18 heavy (non-hydrogen) atoms. The van der Waals surface area contributed by atoms with Crippen LogP contribution in [0, 0.1) is 16.7 Å². The van der Waals surface area contributed by atoms with Gasteiger partial charge in [0.2, 0.25) is 0 Å². The predicted octanol–water partition coefficient (Wildman–Crippen LogP) is 1.15. The maximum Gasteiger partial charge on any atom is 0.125 e. The molecular formula is C13H16N4O. The van der Waals surface area contributed by atoms with Gasteiger partial charge in [-0.25, -0.2) is 4.98 Å². The van der Waals surface area contributed by atoms with Gasteiger partial charge in [0.05, 0.1) is 17.9 Å². The van der Waals surface area contributed by atoms with Crippen LogP contribution in [0.15, 0.2) is 12.3 Å². The van der Waals surface area contributed by atoms with Crippen LogP contribution < -0.4 is 10.6 Å². The van der Waals surface area contributed by atoms with Crippen molar-refractivity contribution in [2.24, 2.45) is 5.41 Å². The summed E-state index contributed by atoms with van der Waals surface area (Å²) in [5, 5.41) is 9.14. The number of nitriles is 1. The Hall–Kier alpha value is -1.80. The Labute approximate surface area is 106 Å². The van der Waals surface area contributed by atoms with E-state index >= 15 is 0 Å². The van der Waals surface area contributed by atoms with Crippen molar-refractivity contribution in [1.82, 2.24) is 4.98 Å². The van der Waals surface area contributed by atoms with Crippen LogP contribution in [0.2, 0.25) is 0 Å². The molecular weight excluding hydrogens is 228 g/mol. The third-order valence-corrected chi connectivity index (χ3v) is 3.99. The first-order valence-electron chi connectivity index (χ1n) is 6.21. The molecule has 2 aliphatic rings. The molecule has 2 N–H and O–H groups in total. The minimum absolute atomic E-state index is 0.282. The van der Waals surface area contributed by atoms with Crippen LogP contribution in [0.5, 0.6) is 0 Å². The zero-order chi connectivity index (χ0) is 12.6. The number of hydrogen-bond donors (Lipinski definition) is 1. The van der Waals surface area contributed by atoms with Crippen molar-refractivity contribution in [3.8, 4) is 6.07 Å². The van der Waals surface area contributed by atoms with Gasteiger partial charge in [-0.2, -0.15) is 5.26 Å².